The molecule has 3 aliphatic heterocycles. The van der Waals surface area contributed by atoms with E-state index in [0.717, 1.165) is 24.1 Å². The molecule has 0 unspecified atom stereocenters. The van der Waals surface area contributed by atoms with Crippen molar-refractivity contribution in [1.82, 2.24) is 4.90 Å². The van der Waals surface area contributed by atoms with Gasteiger partial charge in [-0.1, -0.05) is 24.6 Å². The highest BCUT2D eigenvalue weighted by Gasteiger charge is 2.32. The summed E-state index contributed by atoms with van der Waals surface area (Å²) < 4.78 is 19.6. The van der Waals surface area contributed by atoms with E-state index in [0.29, 0.717) is 29.2 Å². The summed E-state index contributed by atoms with van der Waals surface area (Å²) in [5, 5.41) is 2.80. The van der Waals surface area contributed by atoms with Gasteiger partial charge in [0.2, 0.25) is 0 Å². The largest absolute Gasteiger partial charge is 0.487 e. The van der Waals surface area contributed by atoms with Crippen LogP contribution in [0.25, 0.3) is 11.3 Å². The minimum Gasteiger partial charge on any atom is -0.487 e. The molecule has 0 aromatic heterocycles. The third-order valence-corrected chi connectivity index (χ3v) is 5.90. The van der Waals surface area contributed by atoms with Gasteiger partial charge in [-0.25, -0.2) is 4.39 Å². The molecule has 0 atom stereocenters. The first-order valence-corrected chi connectivity index (χ1v) is 10.0. The van der Waals surface area contributed by atoms with Crippen LogP contribution in [-0.4, -0.2) is 30.4 Å². The molecule has 2 aromatic carbocycles. The monoisotopic (exact) mass is 378 g/mol. The number of piperidine rings is 1. The first-order chi connectivity index (χ1) is 13.7. The van der Waals surface area contributed by atoms with Crippen molar-refractivity contribution < 1.29 is 13.9 Å². The molecule has 1 saturated heterocycles. The summed E-state index contributed by atoms with van der Waals surface area (Å²) in [7, 11) is 0. The van der Waals surface area contributed by atoms with E-state index >= 15 is 0 Å². The SMILES string of the molecule is O=C1Nc2ccc(F)cc2/C1=C1\OCc2cc(CCN3CCCCC3)ccc21. The third-order valence-electron chi connectivity index (χ3n) is 5.90. The number of hydrogen-bond donors (Lipinski definition) is 1. The Balaban J connectivity index is 1.42. The number of fused-ring (bicyclic) bond motifs is 2. The number of carbonyl (C=O) groups excluding carboxylic acids is 1. The molecule has 4 nitrogen and oxygen atoms in total. The summed E-state index contributed by atoms with van der Waals surface area (Å²) in [6.45, 7) is 3.94. The maximum absolute atomic E-state index is 13.7. The number of amides is 1. The van der Waals surface area contributed by atoms with Crippen molar-refractivity contribution in [1.29, 1.82) is 0 Å². The Morgan fingerprint density at radius 2 is 1.89 bits per heavy atom. The first-order valence-electron chi connectivity index (χ1n) is 10.0. The minimum atomic E-state index is -0.361. The molecule has 3 heterocycles. The van der Waals surface area contributed by atoms with Crippen LogP contribution in [0.4, 0.5) is 10.1 Å². The molecule has 5 rings (SSSR count). The van der Waals surface area contributed by atoms with E-state index < -0.39 is 0 Å². The molecule has 1 amide bonds. The number of rotatable bonds is 3. The fraction of sp³-hybridized carbons (Fsp3) is 0.348. The average Bonchev–Trinajstić information content (AvgIpc) is 3.26. The lowest BCUT2D eigenvalue weighted by Crippen LogP contribution is -2.31. The number of carbonyl (C=O) groups is 1. The van der Waals surface area contributed by atoms with Crippen LogP contribution in [0.15, 0.2) is 36.4 Å². The molecule has 144 valence electrons. The molecule has 28 heavy (non-hydrogen) atoms. The predicted octanol–water partition coefficient (Wildman–Crippen LogP) is 4.20. The van der Waals surface area contributed by atoms with Gasteiger partial charge in [-0.3, -0.25) is 4.79 Å². The number of anilines is 1. The Kier molecular flexibility index (Phi) is 4.40. The standard InChI is InChI=1S/C23H23FN2O2/c24-17-5-7-20-19(13-17)21(23(27)25-20)22-18-6-4-15(12-16(18)14-28-22)8-11-26-9-2-1-3-10-26/h4-7,12-13H,1-3,8-11,14H2,(H,25,27)/b22-21+. The Morgan fingerprint density at radius 1 is 1.04 bits per heavy atom. The second-order valence-corrected chi connectivity index (χ2v) is 7.78. The highest BCUT2D eigenvalue weighted by Crippen LogP contribution is 2.41. The lowest BCUT2D eigenvalue weighted by molar-refractivity contribution is -0.110. The van der Waals surface area contributed by atoms with Gasteiger partial charge >= 0.3 is 0 Å². The average molecular weight is 378 g/mol. The van der Waals surface area contributed by atoms with Gasteiger partial charge in [0.1, 0.15) is 18.2 Å². The van der Waals surface area contributed by atoms with Crippen LogP contribution >= 0.6 is 0 Å². The van der Waals surface area contributed by atoms with Crippen LogP contribution in [-0.2, 0) is 22.6 Å². The number of halogens is 1. The van der Waals surface area contributed by atoms with Crippen LogP contribution in [0.3, 0.4) is 0 Å². The summed E-state index contributed by atoms with van der Waals surface area (Å²) in [5.74, 6) is -0.0447. The van der Waals surface area contributed by atoms with Gasteiger partial charge in [0.25, 0.3) is 5.91 Å². The van der Waals surface area contributed by atoms with Crippen molar-refractivity contribution in [3.63, 3.8) is 0 Å². The Labute approximate surface area is 164 Å². The molecule has 3 aliphatic rings. The number of hydrogen-bond acceptors (Lipinski definition) is 3. The van der Waals surface area contributed by atoms with E-state index in [9.17, 15) is 9.18 Å². The first kappa shape index (κ1) is 17.4. The highest BCUT2D eigenvalue weighted by atomic mass is 19.1. The van der Waals surface area contributed by atoms with Crippen molar-refractivity contribution in [2.45, 2.75) is 32.3 Å². The van der Waals surface area contributed by atoms with E-state index in [1.807, 2.05) is 6.07 Å². The number of ether oxygens (including phenoxy) is 1. The summed E-state index contributed by atoms with van der Waals surface area (Å²) in [6, 6.07) is 10.7. The summed E-state index contributed by atoms with van der Waals surface area (Å²) in [5.41, 5.74) is 4.95. The molecule has 0 radical (unpaired) electrons. The topological polar surface area (TPSA) is 41.6 Å². The van der Waals surface area contributed by atoms with Gasteiger partial charge in [-0.05, 0) is 56.1 Å². The van der Waals surface area contributed by atoms with Gasteiger partial charge in [0.05, 0.1) is 5.57 Å². The molecule has 5 heteroatoms. The minimum absolute atomic E-state index is 0.238. The Hall–Kier alpha value is -2.66. The molecule has 0 aliphatic carbocycles. The van der Waals surface area contributed by atoms with Crippen molar-refractivity contribution in [2.24, 2.45) is 0 Å². The second kappa shape index (κ2) is 7.06. The number of nitrogens with one attached hydrogen (secondary N) is 1. The van der Waals surface area contributed by atoms with Crippen LogP contribution < -0.4 is 5.32 Å². The third kappa shape index (κ3) is 3.10. The van der Waals surface area contributed by atoms with Crippen LogP contribution in [0.5, 0.6) is 0 Å². The predicted molar refractivity (Wildman–Crippen MR) is 107 cm³/mol. The van der Waals surface area contributed by atoms with Gasteiger partial charge in [0, 0.05) is 28.9 Å². The zero-order chi connectivity index (χ0) is 19.1. The van der Waals surface area contributed by atoms with E-state index in [-0.39, 0.29) is 11.7 Å². The molecule has 0 saturated carbocycles. The summed E-state index contributed by atoms with van der Waals surface area (Å²) in [4.78, 5) is 15.0. The Morgan fingerprint density at radius 3 is 2.75 bits per heavy atom. The van der Waals surface area contributed by atoms with Gasteiger partial charge in [0.15, 0.2) is 0 Å². The van der Waals surface area contributed by atoms with Crippen molar-refractivity contribution >= 4 is 22.9 Å². The summed E-state index contributed by atoms with van der Waals surface area (Å²) >= 11 is 0. The zero-order valence-electron chi connectivity index (χ0n) is 15.8. The molecule has 1 N–H and O–H groups in total. The van der Waals surface area contributed by atoms with Crippen LogP contribution in [0.1, 0.15) is 41.5 Å². The normalized spacial score (nSPS) is 21.2. The van der Waals surface area contributed by atoms with Gasteiger partial charge in [-0.15, -0.1) is 0 Å². The van der Waals surface area contributed by atoms with Crippen molar-refractivity contribution in [2.75, 3.05) is 25.0 Å². The molecule has 1 fully saturated rings. The number of nitrogens with zero attached hydrogens (tertiary/aromatic N) is 1. The molecule has 0 bridgehead atoms. The molecule has 2 aromatic rings. The molecule has 0 spiro atoms. The lowest BCUT2D eigenvalue weighted by Gasteiger charge is -2.26. The second-order valence-electron chi connectivity index (χ2n) is 7.78. The van der Waals surface area contributed by atoms with E-state index in [1.165, 1.54) is 50.0 Å². The maximum atomic E-state index is 13.7. The van der Waals surface area contributed by atoms with Crippen LogP contribution in [0.2, 0.25) is 0 Å². The number of benzene rings is 2. The molecular weight excluding hydrogens is 355 g/mol. The van der Waals surface area contributed by atoms with E-state index in [1.54, 1.807) is 6.07 Å². The smallest absolute Gasteiger partial charge is 0.260 e. The maximum Gasteiger partial charge on any atom is 0.260 e. The summed E-state index contributed by atoms with van der Waals surface area (Å²) in [6.07, 6.45) is 4.98. The lowest BCUT2D eigenvalue weighted by atomic mass is 9.98. The van der Waals surface area contributed by atoms with E-state index in [4.69, 9.17) is 4.74 Å². The zero-order valence-corrected chi connectivity index (χ0v) is 15.8. The van der Waals surface area contributed by atoms with E-state index in [2.05, 4.69) is 22.3 Å². The van der Waals surface area contributed by atoms with Crippen molar-refractivity contribution in [3.05, 3.63) is 64.5 Å². The van der Waals surface area contributed by atoms with Crippen LogP contribution in [0, 0.1) is 5.82 Å². The fourth-order valence-corrected chi connectivity index (χ4v) is 4.41. The van der Waals surface area contributed by atoms with Gasteiger partial charge in [-0.2, -0.15) is 0 Å². The number of likely N-dealkylation sites (tertiary alicyclic amines) is 1. The quantitative estimate of drug-likeness (QED) is 0.814. The highest BCUT2D eigenvalue weighted by molar-refractivity contribution is 6.36. The Bertz CT molecular complexity index is 977. The molecular formula is C23H23FN2O2. The van der Waals surface area contributed by atoms with Gasteiger partial charge < -0.3 is 15.0 Å². The fourth-order valence-electron chi connectivity index (χ4n) is 4.41. The van der Waals surface area contributed by atoms with Crippen molar-refractivity contribution in [3.8, 4) is 0 Å².